The number of carbonyl (C=O) groups is 1. The first-order chi connectivity index (χ1) is 9.29. The number of benzene rings is 1. The van der Waals surface area contributed by atoms with Gasteiger partial charge in [-0.15, -0.1) is 0 Å². The first-order valence-corrected chi connectivity index (χ1v) is 8.17. The highest BCUT2D eigenvalue weighted by molar-refractivity contribution is 7.89. The van der Waals surface area contributed by atoms with Gasteiger partial charge in [0, 0.05) is 11.1 Å². The third-order valence-corrected chi connectivity index (χ3v) is 5.44. The van der Waals surface area contributed by atoms with Crippen LogP contribution in [0.25, 0.3) is 0 Å². The molecule has 0 heterocycles. The molecule has 7 heteroatoms. The van der Waals surface area contributed by atoms with Gasteiger partial charge in [-0.25, -0.2) is 13.1 Å². The minimum absolute atomic E-state index is 0.142. The van der Waals surface area contributed by atoms with E-state index in [1.807, 2.05) is 0 Å². The molecule has 5 nitrogen and oxygen atoms in total. The molecular formula is C13H16ClNO4S. The lowest BCUT2D eigenvalue weighted by molar-refractivity contribution is -0.141. The van der Waals surface area contributed by atoms with E-state index in [4.69, 9.17) is 16.7 Å². The lowest BCUT2D eigenvalue weighted by Crippen LogP contribution is -2.33. The SMILES string of the molecule is Cc1ccc(Cl)cc1S(=O)(=O)NC1CCC(C(=O)O)C1. The molecule has 0 amide bonds. The second-order valence-electron chi connectivity index (χ2n) is 5.08. The van der Waals surface area contributed by atoms with Crippen LogP contribution in [0.2, 0.25) is 5.02 Å². The van der Waals surface area contributed by atoms with Crippen LogP contribution in [0.3, 0.4) is 0 Å². The molecule has 20 heavy (non-hydrogen) atoms. The predicted molar refractivity (Wildman–Crippen MR) is 75.3 cm³/mol. The molecular weight excluding hydrogens is 302 g/mol. The number of aryl methyl sites for hydroxylation is 1. The highest BCUT2D eigenvalue weighted by Crippen LogP contribution is 2.28. The zero-order valence-corrected chi connectivity index (χ0v) is 12.5. The van der Waals surface area contributed by atoms with Crippen molar-refractivity contribution in [2.24, 2.45) is 5.92 Å². The second-order valence-corrected chi connectivity index (χ2v) is 7.20. The number of hydrogen-bond acceptors (Lipinski definition) is 3. The third kappa shape index (κ3) is 3.31. The standard InChI is InChI=1S/C13H16ClNO4S/c1-8-2-4-10(14)7-12(8)20(18,19)15-11-5-3-9(6-11)13(16)17/h2,4,7,9,11,15H,3,5-6H2,1H3,(H,16,17). The van der Waals surface area contributed by atoms with Crippen LogP contribution in [-0.4, -0.2) is 25.5 Å². The van der Waals surface area contributed by atoms with Crippen molar-refractivity contribution in [3.05, 3.63) is 28.8 Å². The Balaban J connectivity index is 2.16. The summed E-state index contributed by atoms with van der Waals surface area (Å²) in [6, 6.07) is 4.35. The van der Waals surface area contributed by atoms with Gasteiger partial charge in [0.1, 0.15) is 0 Å². The summed E-state index contributed by atoms with van der Waals surface area (Å²) in [5.41, 5.74) is 0.606. The lowest BCUT2D eigenvalue weighted by Gasteiger charge is -2.14. The van der Waals surface area contributed by atoms with Crippen molar-refractivity contribution in [1.29, 1.82) is 0 Å². The molecule has 2 N–H and O–H groups in total. The van der Waals surface area contributed by atoms with E-state index in [1.54, 1.807) is 19.1 Å². The summed E-state index contributed by atoms with van der Waals surface area (Å²) in [7, 11) is -3.67. The molecule has 0 spiro atoms. The van der Waals surface area contributed by atoms with E-state index in [0.29, 0.717) is 29.8 Å². The van der Waals surface area contributed by atoms with Crippen LogP contribution in [0.4, 0.5) is 0 Å². The highest BCUT2D eigenvalue weighted by atomic mass is 35.5. The van der Waals surface area contributed by atoms with Crippen molar-refractivity contribution < 1.29 is 18.3 Å². The number of carboxylic acid groups (broad SMARTS) is 1. The molecule has 1 saturated carbocycles. The zero-order valence-electron chi connectivity index (χ0n) is 11.0. The quantitative estimate of drug-likeness (QED) is 0.891. The first-order valence-electron chi connectivity index (χ1n) is 6.31. The van der Waals surface area contributed by atoms with E-state index in [9.17, 15) is 13.2 Å². The van der Waals surface area contributed by atoms with Gasteiger partial charge in [0.05, 0.1) is 10.8 Å². The molecule has 1 aliphatic rings. The van der Waals surface area contributed by atoms with Gasteiger partial charge in [0.15, 0.2) is 0 Å². The van der Waals surface area contributed by atoms with E-state index < -0.39 is 21.9 Å². The van der Waals surface area contributed by atoms with Gasteiger partial charge in [-0.2, -0.15) is 0 Å². The van der Waals surface area contributed by atoms with E-state index in [0.717, 1.165) is 0 Å². The molecule has 110 valence electrons. The molecule has 0 saturated heterocycles. The lowest BCUT2D eigenvalue weighted by atomic mass is 10.1. The molecule has 0 bridgehead atoms. The summed E-state index contributed by atoms with van der Waals surface area (Å²) in [5, 5.41) is 9.28. The minimum atomic E-state index is -3.67. The summed E-state index contributed by atoms with van der Waals surface area (Å²) in [6.07, 6.45) is 1.36. The van der Waals surface area contributed by atoms with Crippen LogP contribution in [0.5, 0.6) is 0 Å². The van der Waals surface area contributed by atoms with Crippen molar-refractivity contribution in [2.75, 3.05) is 0 Å². The largest absolute Gasteiger partial charge is 0.481 e. The van der Waals surface area contributed by atoms with Crippen LogP contribution in [0, 0.1) is 12.8 Å². The van der Waals surface area contributed by atoms with Crippen LogP contribution in [0.15, 0.2) is 23.1 Å². The average molecular weight is 318 g/mol. The van der Waals surface area contributed by atoms with Gasteiger partial charge in [0.2, 0.25) is 10.0 Å². The summed E-state index contributed by atoms with van der Waals surface area (Å²) >= 11 is 5.83. The van der Waals surface area contributed by atoms with Gasteiger partial charge >= 0.3 is 5.97 Å². The van der Waals surface area contributed by atoms with Crippen molar-refractivity contribution in [3.8, 4) is 0 Å². The van der Waals surface area contributed by atoms with Crippen LogP contribution in [0.1, 0.15) is 24.8 Å². The molecule has 0 aliphatic heterocycles. The van der Waals surface area contributed by atoms with Crippen molar-refractivity contribution in [2.45, 2.75) is 37.1 Å². The molecule has 1 fully saturated rings. The maximum absolute atomic E-state index is 12.3. The smallest absolute Gasteiger partial charge is 0.306 e. The first kappa shape index (κ1) is 15.3. The molecule has 1 aliphatic carbocycles. The van der Waals surface area contributed by atoms with E-state index >= 15 is 0 Å². The van der Waals surface area contributed by atoms with Crippen molar-refractivity contribution >= 4 is 27.6 Å². The Hall–Kier alpha value is -1.11. The van der Waals surface area contributed by atoms with Gasteiger partial charge in [-0.3, -0.25) is 4.79 Å². The van der Waals surface area contributed by atoms with Crippen molar-refractivity contribution in [3.63, 3.8) is 0 Å². The van der Waals surface area contributed by atoms with Crippen LogP contribution in [-0.2, 0) is 14.8 Å². The van der Waals surface area contributed by atoms with Gasteiger partial charge in [0.25, 0.3) is 0 Å². The van der Waals surface area contributed by atoms with Crippen LogP contribution < -0.4 is 4.72 Å². The summed E-state index contributed by atoms with van der Waals surface area (Å²) < 4.78 is 27.2. The predicted octanol–water partition coefficient (Wildman–Crippen LogP) is 2.18. The fourth-order valence-corrected chi connectivity index (χ4v) is 4.25. The number of rotatable bonds is 4. The summed E-state index contributed by atoms with van der Waals surface area (Å²) in [6.45, 7) is 1.69. The second kappa shape index (κ2) is 5.71. The van der Waals surface area contributed by atoms with E-state index in [1.165, 1.54) is 6.07 Å². The highest BCUT2D eigenvalue weighted by Gasteiger charge is 2.32. The van der Waals surface area contributed by atoms with Gasteiger partial charge < -0.3 is 5.11 Å². The third-order valence-electron chi connectivity index (χ3n) is 3.54. The molecule has 0 aromatic heterocycles. The fourth-order valence-electron chi connectivity index (χ4n) is 2.46. The van der Waals surface area contributed by atoms with Crippen LogP contribution >= 0.6 is 11.6 Å². The number of sulfonamides is 1. The Morgan fingerprint density at radius 2 is 2.10 bits per heavy atom. The van der Waals surface area contributed by atoms with Gasteiger partial charge in [-0.05, 0) is 43.9 Å². The number of halogens is 1. The summed E-state index contributed by atoms with van der Waals surface area (Å²) in [4.78, 5) is 11.0. The van der Waals surface area contributed by atoms with E-state index in [-0.39, 0.29) is 10.9 Å². The molecule has 2 rings (SSSR count). The Morgan fingerprint density at radius 3 is 2.70 bits per heavy atom. The van der Waals surface area contributed by atoms with Crippen molar-refractivity contribution in [1.82, 2.24) is 4.72 Å². The molecule has 1 aromatic rings. The van der Waals surface area contributed by atoms with E-state index in [2.05, 4.69) is 4.72 Å². The summed E-state index contributed by atoms with van der Waals surface area (Å²) in [5.74, 6) is -1.34. The fraction of sp³-hybridized carbons (Fsp3) is 0.462. The molecule has 2 unspecified atom stereocenters. The maximum atomic E-state index is 12.3. The Bertz CT molecular complexity index is 629. The molecule has 0 radical (unpaired) electrons. The number of hydrogen-bond donors (Lipinski definition) is 2. The molecule has 2 atom stereocenters. The normalized spacial score (nSPS) is 22.9. The maximum Gasteiger partial charge on any atom is 0.306 e. The Morgan fingerprint density at radius 1 is 1.40 bits per heavy atom. The number of aliphatic carboxylic acids is 1. The Kier molecular flexibility index (Phi) is 4.36. The monoisotopic (exact) mass is 317 g/mol. The molecule has 1 aromatic carbocycles. The Labute approximate surface area is 123 Å². The van der Waals surface area contributed by atoms with Gasteiger partial charge in [-0.1, -0.05) is 17.7 Å². The number of carboxylic acids is 1. The zero-order chi connectivity index (χ0) is 14.9. The minimum Gasteiger partial charge on any atom is -0.481 e. The topological polar surface area (TPSA) is 83.5 Å². The number of nitrogens with one attached hydrogen (secondary N) is 1. The average Bonchev–Trinajstić information content (AvgIpc) is 2.80.